The summed E-state index contributed by atoms with van der Waals surface area (Å²) in [5, 5.41) is 0.0132. The molecule has 0 saturated carbocycles. The molecule has 2 aromatic carbocycles. The van der Waals surface area contributed by atoms with E-state index in [0.717, 1.165) is 34.9 Å². The maximum Gasteiger partial charge on any atom is 0.255 e. The first-order valence-corrected chi connectivity index (χ1v) is 9.91. The predicted octanol–water partition coefficient (Wildman–Crippen LogP) is 4.60. The van der Waals surface area contributed by atoms with Gasteiger partial charge in [0.2, 0.25) is 6.79 Å². The first-order valence-electron chi connectivity index (χ1n) is 8.86. The van der Waals surface area contributed by atoms with Crippen LogP contribution in [0.1, 0.15) is 47.6 Å². The molecule has 1 amide bonds. The normalized spacial score (nSPS) is 19.0. The van der Waals surface area contributed by atoms with Gasteiger partial charge in [0, 0.05) is 17.9 Å². The van der Waals surface area contributed by atoms with Crippen LogP contribution >= 0.6 is 11.8 Å². The number of ether oxygens (including phenoxy) is 2. The molecule has 1 unspecified atom stereocenters. The fourth-order valence-corrected chi connectivity index (χ4v) is 4.55. The first-order chi connectivity index (χ1) is 12.4. The number of hydrogen-bond acceptors (Lipinski definition) is 4. The number of rotatable bonds is 2. The average molecular weight is 369 g/mol. The predicted molar refractivity (Wildman–Crippen MR) is 104 cm³/mol. The second kappa shape index (κ2) is 6.54. The fraction of sp³-hybridized carbons (Fsp3) is 0.381. The lowest BCUT2D eigenvalue weighted by atomic mass is 9.86. The molecule has 0 bridgehead atoms. The Morgan fingerprint density at radius 1 is 1.08 bits per heavy atom. The van der Waals surface area contributed by atoms with Crippen LogP contribution in [0.2, 0.25) is 0 Å². The number of carbonyl (C=O) groups excluding carboxylic acids is 1. The van der Waals surface area contributed by atoms with Crippen molar-refractivity contribution in [3.8, 4) is 11.5 Å². The monoisotopic (exact) mass is 369 g/mol. The maximum absolute atomic E-state index is 13.1. The number of nitrogens with zero attached hydrogens (tertiary/aromatic N) is 1. The van der Waals surface area contributed by atoms with Crippen molar-refractivity contribution in [1.29, 1.82) is 0 Å². The lowest BCUT2D eigenvalue weighted by molar-refractivity contribution is 0.0760. The summed E-state index contributed by atoms with van der Waals surface area (Å²) in [7, 11) is 0. The van der Waals surface area contributed by atoms with Crippen molar-refractivity contribution in [2.45, 2.75) is 31.6 Å². The second-order valence-corrected chi connectivity index (χ2v) is 8.85. The van der Waals surface area contributed by atoms with Crippen molar-refractivity contribution >= 4 is 17.7 Å². The summed E-state index contributed by atoms with van der Waals surface area (Å²) in [5.74, 6) is 2.55. The fourth-order valence-electron chi connectivity index (χ4n) is 3.30. The molecule has 0 aromatic heterocycles. The van der Waals surface area contributed by atoms with E-state index in [2.05, 4.69) is 32.9 Å². The van der Waals surface area contributed by atoms with E-state index in [-0.39, 0.29) is 23.5 Å². The van der Waals surface area contributed by atoms with Crippen LogP contribution in [0.25, 0.3) is 0 Å². The average Bonchev–Trinajstić information content (AvgIpc) is 3.28. The summed E-state index contributed by atoms with van der Waals surface area (Å²) in [6.45, 7) is 7.55. The van der Waals surface area contributed by atoms with E-state index in [4.69, 9.17) is 9.47 Å². The van der Waals surface area contributed by atoms with Crippen LogP contribution in [0, 0.1) is 0 Å². The van der Waals surface area contributed by atoms with Gasteiger partial charge in [0.15, 0.2) is 11.5 Å². The van der Waals surface area contributed by atoms with E-state index >= 15 is 0 Å². The second-order valence-electron chi connectivity index (χ2n) is 7.66. The number of benzene rings is 2. The van der Waals surface area contributed by atoms with Crippen LogP contribution in [-0.2, 0) is 5.41 Å². The van der Waals surface area contributed by atoms with Gasteiger partial charge in [-0.2, -0.15) is 0 Å². The number of fused-ring (bicyclic) bond motifs is 1. The molecule has 1 atom stereocenters. The Bertz CT molecular complexity index is 826. The lowest BCUT2D eigenvalue weighted by Crippen LogP contribution is -2.30. The van der Waals surface area contributed by atoms with Gasteiger partial charge in [-0.1, -0.05) is 39.0 Å². The van der Waals surface area contributed by atoms with E-state index in [1.54, 1.807) is 11.8 Å². The molecule has 0 radical (unpaired) electrons. The molecule has 0 aliphatic carbocycles. The minimum Gasteiger partial charge on any atom is -0.454 e. The molecule has 0 N–H and O–H groups in total. The van der Waals surface area contributed by atoms with Crippen molar-refractivity contribution < 1.29 is 14.3 Å². The van der Waals surface area contributed by atoms with Gasteiger partial charge < -0.3 is 14.4 Å². The Hall–Kier alpha value is -2.14. The van der Waals surface area contributed by atoms with Crippen molar-refractivity contribution in [3.63, 3.8) is 0 Å². The summed E-state index contributed by atoms with van der Waals surface area (Å²) in [6, 6.07) is 14.0. The number of carbonyl (C=O) groups is 1. The molecule has 1 fully saturated rings. The molecule has 5 heteroatoms. The SMILES string of the molecule is CC(C)(C)c1ccc(C(=O)N2CCSC2c2ccc3c(c2)OCO3)cc1. The molecule has 2 heterocycles. The largest absolute Gasteiger partial charge is 0.454 e. The minimum atomic E-state index is 0.0132. The highest BCUT2D eigenvalue weighted by Gasteiger charge is 2.32. The molecule has 2 aliphatic rings. The zero-order valence-electron chi connectivity index (χ0n) is 15.3. The van der Waals surface area contributed by atoms with Crippen LogP contribution in [0.4, 0.5) is 0 Å². The van der Waals surface area contributed by atoms with Crippen molar-refractivity contribution in [3.05, 3.63) is 59.2 Å². The smallest absolute Gasteiger partial charge is 0.255 e. The Morgan fingerprint density at radius 3 is 2.54 bits per heavy atom. The van der Waals surface area contributed by atoms with Crippen LogP contribution in [0.3, 0.4) is 0 Å². The van der Waals surface area contributed by atoms with Crippen LogP contribution in [-0.4, -0.2) is 29.9 Å². The van der Waals surface area contributed by atoms with Gasteiger partial charge in [0.1, 0.15) is 5.37 Å². The van der Waals surface area contributed by atoms with Crippen molar-refractivity contribution in [1.82, 2.24) is 4.90 Å². The highest BCUT2D eigenvalue weighted by Crippen LogP contribution is 2.42. The lowest BCUT2D eigenvalue weighted by Gasteiger charge is -2.25. The van der Waals surface area contributed by atoms with E-state index in [9.17, 15) is 4.79 Å². The van der Waals surface area contributed by atoms with Crippen molar-refractivity contribution in [2.75, 3.05) is 19.1 Å². The number of hydrogen-bond donors (Lipinski definition) is 0. The summed E-state index contributed by atoms with van der Waals surface area (Å²) in [5.41, 5.74) is 3.14. The first kappa shape index (κ1) is 17.3. The Morgan fingerprint density at radius 2 is 1.81 bits per heavy atom. The van der Waals surface area contributed by atoms with Crippen LogP contribution in [0.5, 0.6) is 11.5 Å². The Labute approximate surface area is 158 Å². The molecule has 136 valence electrons. The summed E-state index contributed by atoms with van der Waals surface area (Å²) < 4.78 is 10.9. The van der Waals surface area contributed by atoms with Gasteiger partial charge in [-0.25, -0.2) is 0 Å². The molecule has 1 saturated heterocycles. The summed E-state index contributed by atoms with van der Waals surface area (Å²) >= 11 is 1.79. The van der Waals surface area contributed by atoms with Crippen LogP contribution in [0.15, 0.2) is 42.5 Å². The zero-order valence-corrected chi connectivity index (χ0v) is 16.1. The molecule has 26 heavy (non-hydrogen) atoms. The Kier molecular flexibility index (Phi) is 4.35. The third-order valence-corrected chi connectivity index (χ3v) is 6.09. The highest BCUT2D eigenvalue weighted by molar-refractivity contribution is 7.99. The van der Waals surface area contributed by atoms with E-state index < -0.39 is 0 Å². The maximum atomic E-state index is 13.1. The van der Waals surface area contributed by atoms with Gasteiger partial charge in [0.05, 0.1) is 0 Å². The molecule has 4 rings (SSSR count). The van der Waals surface area contributed by atoms with Gasteiger partial charge in [-0.05, 0) is 40.8 Å². The standard InChI is InChI=1S/C21H23NO3S/c1-21(2,3)16-7-4-14(5-8-16)19(23)22-10-11-26-20(22)15-6-9-17-18(12-15)25-13-24-17/h4-9,12,20H,10-11,13H2,1-3H3. The molecular formula is C21H23NO3S. The zero-order chi connectivity index (χ0) is 18.3. The Balaban J connectivity index is 1.57. The van der Waals surface area contributed by atoms with Gasteiger partial charge >= 0.3 is 0 Å². The van der Waals surface area contributed by atoms with Gasteiger partial charge in [-0.3, -0.25) is 4.79 Å². The summed E-state index contributed by atoms with van der Waals surface area (Å²) in [6.07, 6.45) is 0. The van der Waals surface area contributed by atoms with Crippen molar-refractivity contribution in [2.24, 2.45) is 0 Å². The molecule has 2 aromatic rings. The number of thioether (sulfide) groups is 1. The number of amides is 1. The van der Waals surface area contributed by atoms with Crippen LogP contribution < -0.4 is 9.47 Å². The minimum absolute atomic E-state index is 0.0132. The topological polar surface area (TPSA) is 38.8 Å². The molecular weight excluding hydrogens is 346 g/mol. The van der Waals surface area contributed by atoms with E-state index in [1.807, 2.05) is 35.2 Å². The third-order valence-electron chi connectivity index (χ3n) is 4.83. The highest BCUT2D eigenvalue weighted by atomic mass is 32.2. The third kappa shape index (κ3) is 3.16. The van der Waals surface area contributed by atoms with Gasteiger partial charge in [-0.15, -0.1) is 11.8 Å². The van der Waals surface area contributed by atoms with Gasteiger partial charge in [0.25, 0.3) is 5.91 Å². The summed E-state index contributed by atoms with van der Waals surface area (Å²) in [4.78, 5) is 15.0. The molecule has 2 aliphatic heterocycles. The molecule has 0 spiro atoms. The molecule has 4 nitrogen and oxygen atoms in total. The van der Waals surface area contributed by atoms with E-state index in [0.29, 0.717) is 0 Å². The quantitative estimate of drug-likeness (QED) is 0.775. The van der Waals surface area contributed by atoms with E-state index in [1.165, 1.54) is 5.56 Å².